The SMILES string of the molecule is COc1ccc2c(c1)-c1nn(CC3COC3)cc1Cc1c(-c3noc(COCC(F)(F)F)n3)ncn1-2. The molecule has 1 aromatic carbocycles. The van der Waals surface area contributed by atoms with Crippen LogP contribution in [-0.2, 0) is 29.0 Å². The van der Waals surface area contributed by atoms with Gasteiger partial charge in [0.2, 0.25) is 5.82 Å². The van der Waals surface area contributed by atoms with E-state index in [1.807, 2.05) is 33.6 Å². The molecule has 2 aliphatic rings. The first kappa shape index (κ1) is 22.7. The second kappa shape index (κ2) is 8.75. The van der Waals surface area contributed by atoms with Crippen LogP contribution in [0.2, 0.25) is 0 Å². The molecule has 36 heavy (non-hydrogen) atoms. The number of rotatable bonds is 7. The molecule has 0 bridgehead atoms. The van der Waals surface area contributed by atoms with Crippen LogP contribution in [0.5, 0.6) is 5.75 Å². The van der Waals surface area contributed by atoms with Crippen molar-refractivity contribution in [3.8, 4) is 34.2 Å². The largest absolute Gasteiger partial charge is 0.497 e. The zero-order chi connectivity index (χ0) is 24.9. The van der Waals surface area contributed by atoms with Gasteiger partial charge in [0.05, 0.1) is 37.4 Å². The van der Waals surface area contributed by atoms with Crippen molar-refractivity contribution in [1.29, 1.82) is 0 Å². The highest BCUT2D eigenvalue weighted by Crippen LogP contribution is 2.39. The fourth-order valence-corrected chi connectivity index (χ4v) is 4.39. The zero-order valence-electron chi connectivity index (χ0n) is 19.2. The van der Waals surface area contributed by atoms with E-state index in [0.29, 0.717) is 23.8 Å². The molecule has 3 aromatic heterocycles. The molecule has 2 aliphatic heterocycles. The summed E-state index contributed by atoms with van der Waals surface area (Å²) in [5.74, 6) is 1.24. The first-order chi connectivity index (χ1) is 17.4. The number of halogens is 3. The van der Waals surface area contributed by atoms with Crippen LogP contribution in [0, 0.1) is 5.92 Å². The topological polar surface area (TPSA) is 102 Å². The molecule has 4 aromatic rings. The summed E-state index contributed by atoms with van der Waals surface area (Å²) in [6, 6.07) is 5.74. The Morgan fingerprint density at radius 2 is 2.06 bits per heavy atom. The highest BCUT2D eigenvalue weighted by Gasteiger charge is 2.30. The van der Waals surface area contributed by atoms with Crippen LogP contribution in [0.15, 0.2) is 35.2 Å². The molecule has 188 valence electrons. The van der Waals surface area contributed by atoms with Crippen molar-refractivity contribution < 1.29 is 31.9 Å². The number of ether oxygens (including phenoxy) is 3. The average Bonchev–Trinajstić information content (AvgIpc) is 3.53. The number of hydrogen-bond donors (Lipinski definition) is 0. The van der Waals surface area contributed by atoms with E-state index in [1.165, 1.54) is 0 Å². The van der Waals surface area contributed by atoms with Crippen molar-refractivity contribution in [3.63, 3.8) is 0 Å². The van der Waals surface area contributed by atoms with Crippen LogP contribution in [0.3, 0.4) is 0 Å². The molecule has 0 saturated carbocycles. The Morgan fingerprint density at radius 1 is 1.19 bits per heavy atom. The van der Waals surface area contributed by atoms with Crippen molar-refractivity contribution in [2.45, 2.75) is 25.7 Å². The number of alkyl halides is 3. The molecule has 0 spiro atoms. The summed E-state index contributed by atoms with van der Waals surface area (Å²) in [5.41, 5.74) is 4.85. The third kappa shape index (κ3) is 4.24. The van der Waals surface area contributed by atoms with Crippen molar-refractivity contribution >= 4 is 0 Å². The number of methoxy groups -OCH3 is 1. The molecular weight excluding hydrogens is 481 g/mol. The number of benzene rings is 1. The summed E-state index contributed by atoms with van der Waals surface area (Å²) in [4.78, 5) is 8.73. The summed E-state index contributed by atoms with van der Waals surface area (Å²) in [5, 5.41) is 8.82. The maximum absolute atomic E-state index is 12.4. The minimum absolute atomic E-state index is 0.0639. The monoisotopic (exact) mass is 502 g/mol. The Hall–Kier alpha value is -3.71. The lowest BCUT2D eigenvalue weighted by molar-refractivity contribution is -0.178. The predicted molar refractivity (Wildman–Crippen MR) is 117 cm³/mol. The Labute approximate surface area is 202 Å². The standard InChI is InChI=1S/C23H21F3N6O4/c1-33-15-2-3-17-16(5-15)20-14(7-31(29-20)6-13-8-34-9-13)4-18-21(27-12-32(17)18)22-28-19(36-30-22)10-35-11-23(24,25)26/h2-3,5,7,12-13H,4,6,8-11H2,1H3. The summed E-state index contributed by atoms with van der Waals surface area (Å²) in [6.07, 6.45) is -0.265. The molecule has 1 fully saturated rings. The lowest BCUT2D eigenvalue weighted by Gasteiger charge is -2.25. The van der Waals surface area contributed by atoms with Gasteiger partial charge in [0.15, 0.2) is 0 Å². The Kier molecular flexibility index (Phi) is 5.52. The van der Waals surface area contributed by atoms with Gasteiger partial charge < -0.3 is 23.3 Å². The number of nitrogens with zero attached hydrogens (tertiary/aromatic N) is 6. The Morgan fingerprint density at radius 3 is 2.81 bits per heavy atom. The first-order valence-electron chi connectivity index (χ1n) is 11.2. The van der Waals surface area contributed by atoms with Gasteiger partial charge in [-0.25, -0.2) is 4.98 Å². The molecule has 0 aliphatic carbocycles. The summed E-state index contributed by atoms with van der Waals surface area (Å²) in [7, 11) is 1.61. The van der Waals surface area contributed by atoms with E-state index in [2.05, 4.69) is 19.9 Å². The molecule has 0 atom stereocenters. The normalized spacial score (nSPS) is 15.1. The number of imidazole rings is 1. The Balaban J connectivity index is 1.37. The molecule has 5 heterocycles. The van der Waals surface area contributed by atoms with Gasteiger partial charge in [-0.05, 0) is 18.2 Å². The summed E-state index contributed by atoms with van der Waals surface area (Å²) >= 11 is 0. The van der Waals surface area contributed by atoms with Crippen LogP contribution >= 0.6 is 0 Å². The van der Waals surface area contributed by atoms with E-state index in [9.17, 15) is 13.2 Å². The third-order valence-corrected chi connectivity index (χ3v) is 6.10. The molecule has 0 amide bonds. The van der Waals surface area contributed by atoms with Crippen LogP contribution in [0.25, 0.3) is 28.5 Å². The van der Waals surface area contributed by atoms with E-state index in [1.54, 1.807) is 13.4 Å². The molecule has 1 saturated heterocycles. The van der Waals surface area contributed by atoms with Gasteiger partial charge >= 0.3 is 6.18 Å². The first-order valence-corrected chi connectivity index (χ1v) is 11.2. The van der Waals surface area contributed by atoms with E-state index in [0.717, 1.165) is 48.0 Å². The van der Waals surface area contributed by atoms with E-state index in [-0.39, 0.29) is 11.7 Å². The van der Waals surface area contributed by atoms with Gasteiger partial charge in [0.1, 0.15) is 31.0 Å². The highest BCUT2D eigenvalue weighted by molar-refractivity contribution is 5.77. The lowest BCUT2D eigenvalue weighted by Crippen LogP contribution is -2.31. The minimum Gasteiger partial charge on any atom is -0.497 e. The molecule has 10 nitrogen and oxygen atoms in total. The molecule has 0 radical (unpaired) electrons. The predicted octanol–water partition coefficient (Wildman–Crippen LogP) is 3.42. The molecule has 0 unspecified atom stereocenters. The van der Waals surface area contributed by atoms with Gasteiger partial charge in [0, 0.05) is 36.2 Å². The van der Waals surface area contributed by atoms with Gasteiger partial charge in [-0.15, -0.1) is 0 Å². The van der Waals surface area contributed by atoms with Crippen molar-refractivity contribution in [1.82, 2.24) is 29.5 Å². The van der Waals surface area contributed by atoms with Crippen LogP contribution < -0.4 is 4.74 Å². The van der Waals surface area contributed by atoms with Gasteiger partial charge in [-0.1, -0.05) is 5.16 Å². The minimum atomic E-state index is -4.44. The second-order valence-corrected chi connectivity index (χ2v) is 8.72. The van der Waals surface area contributed by atoms with Gasteiger partial charge in [-0.2, -0.15) is 23.3 Å². The lowest BCUT2D eigenvalue weighted by atomic mass is 10.0. The van der Waals surface area contributed by atoms with E-state index in [4.69, 9.17) is 19.1 Å². The van der Waals surface area contributed by atoms with Crippen LogP contribution in [0.4, 0.5) is 13.2 Å². The van der Waals surface area contributed by atoms with Crippen LogP contribution in [0.1, 0.15) is 17.1 Å². The van der Waals surface area contributed by atoms with Crippen molar-refractivity contribution in [3.05, 3.63) is 47.9 Å². The molecule has 6 rings (SSSR count). The Bertz CT molecular complexity index is 1410. The fourth-order valence-electron chi connectivity index (χ4n) is 4.39. The molecule has 0 N–H and O–H groups in total. The fraction of sp³-hybridized carbons (Fsp3) is 0.391. The third-order valence-electron chi connectivity index (χ3n) is 6.10. The van der Waals surface area contributed by atoms with Gasteiger partial charge in [-0.3, -0.25) is 4.68 Å². The zero-order valence-corrected chi connectivity index (χ0v) is 19.2. The van der Waals surface area contributed by atoms with Gasteiger partial charge in [0.25, 0.3) is 5.89 Å². The maximum atomic E-state index is 12.4. The summed E-state index contributed by atoms with van der Waals surface area (Å²) in [6.45, 7) is 0.347. The summed E-state index contributed by atoms with van der Waals surface area (Å²) < 4.78 is 61.5. The van der Waals surface area contributed by atoms with E-state index < -0.39 is 19.4 Å². The number of hydrogen-bond acceptors (Lipinski definition) is 8. The second-order valence-electron chi connectivity index (χ2n) is 8.72. The highest BCUT2D eigenvalue weighted by atomic mass is 19.4. The molecular formula is C23H21F3N6O4. The average molecular weight is 502 g/mol. The van der Waals surface area contributed by atoms with Crippen molar-refractivity contribution in [2.24, 2.45) is 5.92 Å². The molecule has 13 heteroatoms. The van der Waals surface area contributed by atoms with Crippen molar-refractivity contribution in [2.75, 3.05) is 26.9 Å². The smallest absolute Gasteiger partial charge is 0.411 e. The number of aromatic nitrogens is 6. The van der Waals surface area contributed by atoms with Crippen LogP contribution in [-0.4, -0.2) is 62.6 Å². The maximum Gasteiger partial charge on any atom is 0.411 e. The quantitative estimate of drug-likeness (QED) is 0.334. The number of fused-ring (bicyclic) bond motifs is 5. The van der Waals surface area contributed by atoms with E-state index >= 15 is 0 Å².